The number of aromatic nitrogens is 1. The molecule has 1 saturated heterocycles. The lowest BCUT2D eigenvalue weighted by molar-refractivity contribution is 0.414. The maximum Gasteiger partial charge on any atom is 0.336 e. The fraction of sp³-hybridized carbons (Fsp3) is 0.300. The number of fused-ring (bicyclic) bond motifs is 1. The average molecular weight is 433 g/mol. The molecule has 152 valence electrons. The van der Waals surface area contributed by atoms with Crippen molar-refractivity contribution in [1.29, 1.82) is 0 Å². The van der Waals surface area contributed by atoms with Crippen molar-refractivity contribution in [3.8, 4) is 5.75 Å². The second kappa shape index (κ2) is 8.17. The smallest absolute Gasteiger partial charge is 0.336 e. The molecule has 0 aliphatic carbocycles. The zero-order valence-corrected chi connectivity index (χ0v) is 17.5. The molecule has 0 spiro atoms. The molecular formula is C20H20N2O5S2. The number of ether oxygens (including phenoxy) is 1. The van der Waals surface area contributed by atoms with Crippen molar-refractivity contribution in [3.05, 3.63) is 58.6 Å². The lowest BCUT2D eigenvalue weighted by Crippen LogP contribution is -2.27. The van der Waals surface area contributed by atoms with E-state index < -0.39 is 15.6 Å². The van der Waals surface area contributed by atoms with Gasteiger partial charge < -0.3 is 9.15 Å². The molecule has 3 heterocycles. The summed E-state index contributed by atoms with van der Waals surface area (Å²) in [5.41, 5.74) is 0.855. The van der Waals surface area contributed by atoms with E-state index in [-0.39, 0.29) is 4.90 Å². The summed E-state index contributed by atoms with van der Waals surface area (Å²) in [4.78, 5) is 16.4. The SMILES string of the molecule is COc1ccc2c(CSc3ccc(S(=O)(=O)N4CCCC4)cn3)cc(=O)oc2c1. The van der Waals surface area contributed by atoms with Crippen molar-refractivity contribution in [2.45, 2.75) is 28.5 Å². The summed E-state index contributed by atoms with van der Waals surface area (Å²) in [5, 5.41) is 1.51. The van der Waals surface area contributed by atoms with E-state index >= 15 is 0 Å². The minimum absolute atomic E-state index is 0.210. The molecular weight excluding hydrogens is 412 g/mol. The van der Waals surface area contributed by atoms with Crippen molar-refractivity contribution in [1.82, 2.24) is 9.29 Å². The molecule has 0 amide bonds. The van der Waals surface area contributed by atoms with Crippen molar-refractivity contribution in [3.63, 3.8) is 0 Å². The number of hydrogen-bond donors (Lipinski definition) is 0. The molecule has 0 N–H and O–H groups in total. The predicted octanol–water partition coefficient (Wildman–Crippen LogP) is 3.27. The Kier molecular flexibility index (Phi) is 5.62. The summed E-state index contributed by atoms with van der Waals surface area (Å²) < 4.78 is 37.1. The third kappa shape index (κ3) is 4.17. The van der Waals surface area contributed by atoms with Crippen LogP contribution in [0.5, 0.6) is 5.75 Å². The van der Waals surface area contributed by atoms with Crippen LogP contribution in [0, 0.1) is 0 Å². The largest absolute Gasteiger partial charge is 0.497 e. The van der Waals surface area contributed by atoms with Gasteiger partial charge in [-0.3, -0.25) is 0 Å². The molecule has 1 aliphatic rings. The monoisotopic (exact) mass is 432 g/mol. The molecule has 29 heavy (non-hydrogen) atoms. The molecule has 0 unspecified atom stereocenters. The van der Waals surface area contributed by atoms with Crippen molar-refractivity contribution >= 4 is 32.8 Å². The van der Waals surface area contributed by atoms with E-state index in [0.29, 0.717) is 35.2 Å². The topological polar surface area (TPSA) is 89.7 Å². The van der Waals surface area contributed by atoms with E-state index in [9.17, 15) is 13.2 Å². The van der Waals surface area contributed by atoms with Crippen LogP contribution in [0.4, 0.5) is 0 Å². The van der Waals surface area contributed by atoms with Gasteiger partial charge in [-0.05, 0) is 42.7 Å². The van der Waals surface area contributed by atoms with Gasteiger partial charge in [0.15, 0.2) is 0 Å². The number of methoxy groups -OCH3 is 1. The van der Waals surface area contributed by atoms with Crippen LogP contribution in [0.1, 0.15) is 18.4 Å². The first-order valence-electron chi connectivity index (χ1n) is 9.17. The number of sulfonamides is 1. The standard InChI is InChI=1S/C20H20N2O5S2/c1-26-15-4-6-17-14(10-20(23)27-18(17)11-15)13-28-19-7-5-16(12-21-19)29(24,25)22-8-2-3-9-22/h4-7,10-12H,2-3,8-9,13H2,1H3. The summed E-state index contributed by atoms with van der Waals surface area (Å²) in [7, 11) is -1.91. The van der Waals surface area contributed by atoms with Crippen LogP contribution in [0.15, 0.2) is 61.7 Å². The molecule has 4 rings (SSSR count). The first kappa shape index (κ1) is 19.9. The van der Waals surface area contributed by atoms with Crippen LogP contribution in [0.3, 0.4) is 0 Å². The Morgan fingerprint density at radius 2 is 1.97 bits per heavy atom. The Morgan fingerprint density at radius 3 is 2.66 bits per heavy atom. The third-order valence-electron chi connectivity index (χ3n) is 4.82. The highest BCUT2D eigenvalue weighted by molar-refractivity contribution is 7.98. The van der Waals surface area contributed by atoms with Crippen LogP contribution in [-0.4, -0.2) is 37.9 Å². The fourth-order valence-corrected chi connectivity index (χ4v) is 5.59. The third-order valence-corrected chi connectivity index (χ3v) is 7.70. The predicted molar refractivity (Wildman–Crippen MR) is 111 cm³/mol. The Morgan fingerprint density at radius 1 is 1.17 bits per heavy atom. The number of thioether (sulfide) groups is 1. The Bertz CT molecular complexity index is 1180. The zero-order valence-electron chi connectivity index (χ0n) is 15.8. The van der Waals surface area contributed by atoms with Gasteiger partial charge in [0.2, 0.25) is 10.0 Å². The normalized spacial score (nSPS) is 15.1. The number of pyridine rings is 1. The molecule has 1 aliphatic heterocycles. The first-order chi connectivity index (χ1) is 14.0. The van der Waals surface area contributed by atoms with Crippen LogP contribution < -0.4 is 10.4 Å². The van der Waals surface area contributed by atoms with E-state index in [0.717, 1.165) is 23.8 Å². The van der Waals surface area contributed by atoms with Gasteiger partial charge in [0.05, 0.1) is 12.1 Å². The van der Waals surface area contributed by atoms with Crippen LogP contribution >= 0.6 is 11.8 Å². The van der Waals surface area contributed by atoms with Gasteiger partial charge >= 0.3 is 5.63 Å². The first-order valence-corrected chi connectivity index (χ1v) is 11.6. The lowest BCUT2D eigenvalue weighted by Gasteiger charge is -2.15. The van der Waals surface area contributed by atoms with Crippen molar-refractivity contribution in [2.75, 3.05) is 20.2 Å². The van der Waals surface area contributed by atoms with Crippen LogP contribution in [0.25, 0.3) is 11.0 Å². The molecule has 7 nitrogen and oxygen atoms in total. The van der Waals surface area contributed by atoms with E-state index in [4.69, 9.17) is 9.15 Å². The summed E-state index contributed by atoms with van der Waals surface area (Å²) in [6.45, 7) is 1.13. The zero-order chi connectivity index (χ0) is 20.4. The number of rotatable bonds is 6. The van der Waals surface area contributed by atoms with E-state index in [2.05, 4.69) is 4.98 Å². The fourth-order valence-electron chi connectivity index (χ4n) is 3.29. The molecule has 0 atom stereocenters. The van der Waals surface area contributed by atoms with E-state index in [1.807, 2.05) is 12.1 Å². The van der Waals surface area contributed by atoms with Crippen LogP contribution in [-0.2, 0) is 15.8 Å². The van der Waals surface area contributed by atoms with Gasteiger partial charge in [-0.2, -0.15) is 4.31 Å². The van der Waals surface area contributed by atoms with E-state index in [1.54, 1.807) is 25.3 Å². The molecule has 3 aromatic rings. The maximum absolute atomic E-state index is 12.6. The maximum atomic E-state index is 12.6. The average Bonchev–Trinajstić information content (AvgIpc) is 3.27. The Labute approximate surface area is 172 Å². The lowest BCUT2D eigenvalue weighted by atomic mass is 10.1. The van der Waals surface area contributed by atoms with Crippen LogP contribution in [0.2, 0.25) is 0 Å². The summed E-state index contributed by atoms with van der Waals surface area (Å²) in [6, 6.07) is 10.1. The van der Waals surface area contributed by atoms with E-state index in [1.165, 1.54) is 28.3 Å². The highest BCUT2D eigenvalue weighted by Gasteiger charge is 2.27. The molecule has 9 heteroatoms. The van der Waals surface area contributed by atoms with Gasteiger partial charge in [0.25, 0.3) is 0 Å². The molecule has 2 aromatic heterocycles. The van der Waals surface area contributed by atoms with Crippen molar-refractivity contribution in [2.24, 2.45) is 0 Å². The quantitative estimate of drug-likeness (QED) is 0.436. The summed E-state index contributed by atoms with van der Waals surface area (Å²) in [6.07, 6.45) is 3.19. The number of hydrogen-bond acceptors (Lipinski definition) is 7. The van der Waals surface area contributed by atoms with Gasteiger partial charge in [0, 0.05) is 42.6 Å². The highest BCUT2D eigenvalue weighted by Crippen LogP contribution is 2.28. The Balaban J connectivity index is 1.53. The van der Waals surface area contributed by atoms with Gasteiger partial charge in [-0.1, -0.05) is 0 Å². The highest BCUT2D eigenvalue weighted by atomic mass is 32.2. The molecule has 0 radical (unpaired) electrons. The minimum Gasteiger partial charge on any atom is -0.497 e. The van der Waals surface area contributed by atoms with Crippen molar-refractivity contribution < 1.29 is 17.6 Å². The second-order valence-corrected chi connectivity index (χ2v) is 9.62. The molecule has 1 fully saturated rings. The second-order valence-electron chi connectivity index (χ2n) is 6.68. The summed E-state index contributed by atoms with van der Waals surface area (Å²) in [5.74, 6) is 1.11. The van der Waals surface area contributed by atoms with Gasteiger partial charge in [0.1, 0.15) is 16.2 Å². The number of nitrogens with zero attached hydrogens (tertiary/aromatic N) is 2. The summed E-state index contributed by atoms with van der Waals surface area (Å²) >= 11 is 1.43. The molecule has 0 saturated carbocycles. The Hall–Kier alpha value is -2.36. The van der Waals surface area contributed by atoms with Gasteiger partial charge in [-0.25, -0.2) is 18.2 Å². The molecule has 0 bridgehead atoms. The molecule has 1 aromatic carbocycles. The number of benzene rings is 1. The van der Waals surface area contributed by atoms with Gasteiger partial charge in [-0.15, -0.1) is 11.8 Å². The minimum atomic E-state index is -3.47.